The molecule has 4 unspecified atom stereocenters. The van der Waals surface area contributed by atoms with E-state index in [1.807, 2.05) is 41.3 Å². The number of hydrogen-bond donors (Lipinski definition) is 0. The Balaban J connectivity index is 1.63. The Morgan fingerprint density at radius 3 is 2.41 bits per heavy atom. The van der Waals surface area contributed by atoms with Gasteiger partial charge in [0.1, 0.15) is 6.04 Å². The first-order valence-electron chi connectivity index (χ1n) is 9.29. The maximum Gasteiger partial charge on any atom is 0.240 e. The highest BCUT2D eigenvalue weighted by Gasteiger charge is 2.63. The molecule has 2 aromatic carbocycles. The molecule has 2 amide bonds. The zero-order chi connectivity index (χ0) is 20.4. The number of rotatable bonds is 2. The van der Waals surface area contributed by atoms with Gasteiger partial charge in [0.05, 0.1) is 28.6 Å². The van der Waals surface area contributed by atoms with Gasteiger partial charge in [0.25, 0.3) is 0 Å². The van der Waals surface area contributed by atoms with Crippen molar-refractivity contribution in [3.05, 3.63) is 64.1 Å². The second kappa shape index (κ2) is 6.44. The minimum absolute atomic E-state index is 0.141. The average Bonchev–Trinajstić information content (AvgIpc) is 3.16. The Morgan fingerprint density at radius 1 is 0.966 bits per heavy atom. The number of Topliss-reactive ketones (excluding diaryl/α,β-unsaturated/α-hetero) is 1. The number of fused-ring (bicyclic) bond motifs is 5. The Kier molecular flexibility index (Phi) is 4.09. The molecule has 0 aliphatic carbocycles. The first-order chi connectivity index (χ1) is 13.9. The lowest BCUT2D eigenvalue weighted by Gasteiger charge is -2.36. The summed E-state index contributed by atoms with van der Waals surface area (Å²) in [5.41, 5.74) is 2.13. The van der Waals surface area contributed by atoms with Crippen molar-refractivity contribution < 1.29 is 14.4 Å². The van der Waals surface area contributed by atoms with E-state index in [1.54, 1.807) is 12.1 Å². The van der Waals surface area contributed by atoms with Crippen LogP contribution in [0.2, 0.25) is 10.0 Å². The monoisotopic (exact) mass is 426 g/mol. The number of hydrogen-bond acceptors (Lipinski definition) is 4. The smallest absolute Gasteiger partial charge is 0.240 e. The summed E-state index contributed by atoms with van der Waals surface area (Å²) in [7, 11) is 0. The van der Waals surface area contributed by atoms with Crippen molar-refractivity contribution >= 4 is 58.3 Å². The zero-order valence-corrected chi connectivity index (χ0v) is 16.9. The Bertz CT molecular complexity index is 1110. The summed E-state index contributed by atoms with van der Waals surface area (Å²) in [5.74, 6) is -2.28. The van der Waals surface area contributed by atoms with E-state index in [4.69, 9.17) is 23.2 Å². The zero-order valence-electron chi connectivity index (χ0n) is 15.4. The molecule has 0 bridgehead atoms. The van der Waals surface area contributed by atoms with E-state index in [2.05, 4.69) is 0 Å². The van der Waals surface area contributed by atoms with E-state index in [1.165, 1.54) is 13.0 Å². The van der Waals surface area contributed by atoms with Crippen molar-refractivity contribution in [3.8, 4) is 0 Å². The van der Waals surface area contributed by atoms with Crippen molar-refractivity contribution in [2.45, 2.75) is 19.0 Å². The molecule has 2 fully saturated rings. The van der Waals surface area contributed by atoms with Gasteiger partial charge in [-0.3, -0.25) is 14.4 Å². The van der Waals surface area contributed by atoms with Gasteiger partial charge in [-0.25, -0.2) is 4.90 Å². The fourth-order valence-electron chi connectivity index (χ4n) is 4.87. The van der Waals surface area contributed by atoms with Crippen molar-refractivity contribution in [1.29, 1.82) is 0 Å². The lowest BCUT2D eigenvalue weighted by Crippen LogP contribution is -2.48. The van der Waals surface area contributed by atoms with Crippen LogP contribution >= 0.6 is 23.2 Å². The van der Waals surface area contributed by atoms with Gasteiger partial charge in [-0.05, 0) is 36.8 Å². The number of amides is 2. The fourth-order valence-corrected chi connectivity index (χ4v) is 5.37. The quantitative estimate of drug-likeness (QED) is 0.681. The highest BCUT2D eigenvalue weighted by atomic mass is 35.5. The van der Waals surface area contributed by atoms with Gasteiger partial charge in [0.2, 0.25) is 11.8 Å². The molecule has 0 radical (unpaired) electrons. The molecule has 0 spiro atoms. The van der Waals surface area contributed by atoms with Gasteiger partial charge in [0, 0.05) is 10.7 Å². The highest BCUT2D eigenvalue weighted by molar-refractivity contribution is 6.38. The highest BCUT2D eigenvalue weighted by Crippen LogP contribution is 2.49. The van der Waals surface area contributed by atoms with Crippen LogP contribution in [0.15, 0.2) is 48.5 Å². The van der Waals surface area contributed by atoms with Crippen LogP contribution in [0.5, 0.6) is 0 Å². The number of imide groups is 1. The van der Waals surface area contributed by atoms with Crippen molar-refractivity contribution in [1.82, 2.24) is 0 Å². The van der Waals surface area contributed by atoms with E-state index in [9.17, 15) is 14.4 Å². The number of carbonyl (C=O) groups excluding carboxylic acids is 3. The molecule has 3 aliphatic rings. The SMILES string of the molecule is CC(=O)C1C2C(=O)N(c3ccc(Cl)cc3Cl)C(=O)C2C2C=Cc3ccccc3N21. The predicted octanol–water partition coefficient (Wildman–Crippen LogP) is 3.97. The first-order valence-corrected chi connectivity index (χ1v) is 10.0. The maximum absolute atomic E-state index is 13.4. The molecule has 0 N–H and O–H groups in total. The molecule has 7 heteroatoms. The molecular formula is C22H16Cl2N2O3. The van der Waals surface area contributed by atoms with Crippen LogP contribution in [-0.4, -0.2) is 29.7 Å². The second-order valence-corrected chi connectivity index (χ2v) is 8.37. The average molecular weight is 427 g/mol. The lowest BCUT2D eigenvalue weighted by atomic mass is 9.88. The number of anilines is 2. The normalized spacial score (nSPS) is 27.1. The summed E-state index contributed by atoms with van der Waals surface area (Å²) >= 11 is 12.2. The third-order valence-electron chi connectivity index (χ3n) is 5.98. The van der Waals surface area contributed by atoms with Crippen LogP contribution < -0.4 is 9.80 Å². The standard InChI is InChI=1S/C22H16Cl2N2O3/c1-11(27)20-19-18(17-8-6-12-4-2-3-5-15(12)25(17)20)21(28)26(22(19)29)16-9-7-13(23)10-14(16)24/h2-10,17-20H,1H3. The Hall–Kier alpha value is -2.63. The first kappa shape index (κ1) is 18.4. The molecule has 3 aliphatic heterocycles. The number of carbonyl (C=O) groups is 3. The molecule has 146 valence electrons. The fraction of sp³-hybridized carbons (Fsp3) is 0.227. The second-order valence-electron chi connectivity index (χ2n) is 7.53. The van der Waals surface area contributed by atoms with E-state index >= 15 is 0 Å². The summed E-state index contributed by atoms with van der Waals surface area (Å²) in [5, 5.41) is 0.637. The lowest BCUT2D eigenvalue weighted by molar-refractivity contribution is -0.126. The van der Waals surface area contributed by atoms with Crippen molar-refractivity contribution in [2.75, 3.05) is 9.80 Å². The predicted molar refractivity (Wildman–Crippen MR) is 112 cm³/mol. The van der Waals surface area contributed by atoms with Gasteiger partial charge in [-0.1, -0.05) is 53.6 Å². The maximum atomic E-state index is 13.4. The van der Waals surface area contributed by atoms with Gasteiger partial charge < -0.3 is 4.90 Å². The Labute approximate surface area is 177 Å². The number of benzene rings is 2. The third-order valence-corrected chi connectivity index (χ3v) is 6.52. The molecule has 3 heterocycles. The van der Waals surface area contributed by atoms with E-state index < -0.39 is 23.8 Å². The van der Waals surface area contributed by atoms with Crippen LogP contribution in [0.1, 0.15) is 12.5 Å². The van der Waals surface area contributed by atoms with Gasteiger partial charge in [0.15, 0.2) is 5.78 Å². The molecule has 0 saturated carbocycles. The molecular weight excluding hydrogens is 411 g/mol. The van der Waals surface area contributed by atoms with E-state index in [-0.39, 0.29) is 22.8 Å². The van der Waals surface area contributed by atoms with Gasteiger partial charge >= 0.3 is 0 Å². The number of halogens is 2. The summed E-state index contributed by atoms with van der Waals surface area (Å²) in [6, 6.07) is 11.3. The summed E-state index contributed by atoms with van der Waals surface area (Å²) in [4.78, 5) is 42.6. The molecule has 5 rings (SSSR count). The largest absolute Gasteiger partial charge is 0.353 e. The van der Waals surface area contributed by atoms with E-state index in [0.29, 0.717) is 10.7 Å². The molecule has 4 atom stereocenters. The molecule has 2 saturated heterocycles. The summed E-state index contributed by atoms with van der Waals surface area (Å²) < 4.78 is 0. The summed E-state index contributed by atoms with van der Waals surface area (Å²) in [6.07, 6.45) is 3.87. The van der Waals surface area contributed by atoms with Crippen molar-refractivity contribution in [3.63, 3.8) is 0 Å². The number of nitrogens with zero attached hydrogens (tertiary/aromatic N) is 2. The molecule has 29 heavy (non-hydrogen) atoms. The van der Waals surface area contributed by atoms with Gasteiger partial charge in [-0.15, -0.1) is 0 Å². The van der Waals surface area contributed by atoms with Crippen LogP contribution in [0.25, 0.3) is 6.08 Å². The third kappa shape index (κ3) is 2.51. The van der Waals surface area contributed by atoms with Crippen LogP contribution in [0.3, 0.4) is 0 Å². The number of ketones is 1. The number of para-hydroxylation sites is 1. The minimum atomic E-state index is -0.757. The van der Waals surface area contributed by atoms with Crippen LogP contribution in [0.4, 0.5) is 11.4 Å². The molecule has 5 nitrogen and oxygen atoms in total. The van der Waals surface area contributed by atoms with Crippen LogP contribution in [-0.2, 0) is 14.4 Å². The topological polar surface area (TPSA) is 57.7 Å². The van der Waals surface area contributed by atoms with Gasteiger partial charge in [-0.2, -0.15) is 0 Å². The van der Waals surface area contributed by atoms with E-state index in [0.717, 1.165) is 16.2 Å². The molecule has 0 aromatic heterocycles. The molecule has 2 aromatic rings. The van der Waals surface area contributed by atoms with Crippen LogP contribution in [0, 0.1) is 11.8 Å². The Morgan fingerprint density at radius 2 is 1.69 bits per heavy atom. The minimum Gasteiger partial charge on any atom is -0.353 e. The summed E-state index contributed by atoms with van der Waals surface area (Å²) in [6.45, 7) is 1.47. The van der Waals surface area contributed by atoms with Crippen molar-refractivity contribution in [2.24, 2.45) is 11.8 Å².